The van der Waals surface area contributed by atoms with Crippen LogP contribution in [0.3, 0.4) is 0 Å². The van der Waals surface area contributed by atoms with Gasteiger partial charge in [0.25, 0.3) is 0 Å². The van der Waals surface area contributed by atoms with Crippen molar-refractivity contribution in [2.24, 2.45) is 0 Å². The second kappa shape index (κ2) is 7.30. The highest BCUT2D eigenvalue weighted by Gasteiger charge is 2.07. The van der Waals surface area contributed by atoms with E-state index in [0.29, 0.717) is 11.6 Å². The van der Waals surface area contributed by atoms with E-state index >= 15 is 0 Å². The lowest BCUT2D eigenvalue weighted by molar-refractivity contribution is -0.120. The molecule has 4 heteroatoms. The Balaban J connectivity index is 2.39. The van der Waals surface area contributed by atoms with E-state index in [2.05, 4.69) is 10.6 Å². The molecule has 0 aliphatic heterocycles. The van der Waals surface area contributed by atoms with Crippen LogP contribution < -0.4 is 10.6 Å². The first-order chi connectivity index (χ1) is 8.13. The zero-order valence-corrected chi connectivity index (χ0v) is 11.1. The van der Waals surface area contributed by atoms with Crippen molar-refractivity contribution < 1.29 is 4.79 Å². The van der Waals surface area contributed by atoms with Crippen molar-refractivity contribution in [2.75, 3.05) is 13.1 Å². The lowest BCUT2D eigenvalue weighted by Crippen LogP contribution is -2.35. The number of amides is 1. The molecule has 0 aliphatic carbocycles. The third-order valence-corrected chi connectivity index (χ3v) is 2.72. The molecule has 1 amide bonds. The molecule has 0 aliphatic rings. The summed E-state index contributed by atoms with van der Waals surface area (Å²) in [4.78, 5) is 11.4. The van der Waals surface area contributed by atoms with Crippen LogP contribution in [0.2, 0.25) is 5.02 Å². The van der Waals surface area contributed by atoms with Crippen LogP contribution in [0.4, 0.5) is 0 Å². The molecule has 0 aromatic heterocycles. The summed E-state index contributed by atoms with van der Waals surface area (Å²) in [5, 5.41) is 6.70. The quantitative estimate of drug-likeness (QED) is 0.819. The molecule has 0 radical (unpaired) electrons. The Labute approximate surface area is 108 Å². The number of halogens is 1. The van der Waals surface area contributed by atoms with Gasteiger partial charge < -0.3 is 10.6 Å². The van der Waals surface area contributed by atoms with E-state index in [4.69, 9.17) is 11.6 Å². The van der Waals surface area contributed by atoms with Gasteiger partial charge in [0.1, 0.15) is 0 Å². The fourth-order valence-corrected chi connectivity index (χ4v) is 1.67. The third kappa shape index (κ3) is 5.20. The van der Waals surface area contributed by atoms with Crippen molar-refractivity contribution in [3.05, 3.63) is 34.9 Å². The number of nitrogens with one attached hydrogen (secondary N) is 2. The van der Waals surface area contributed by atoms with E-state index in [1.54, 1.807) is 0 Å². The summed E-state index contributed by atoms with van der Waals surface area (Å²) < 4.78 is 0. The minimum atomic E-state index is 0.0285. The number of carbonyl (C=O) groups is 1. The van der Waals surface area contributed by atoms with Gasteiger partial charge in [-0.25, -0.2) is 0 Å². The zero-order chi connectivity index (χ0) is 12.7. The Kier molecular flexibility index (Phi) is 6.01. The Morgan fingerprint density at radius 2 is 2.24 bits per heavy atom. The SMILES string of the molecule is CCCNC(=O)CN[C@H](C)c1cccc(Cl)c1. The topological polar surface area (TPSA) is 41.1 Å². The van der Waals surface area contributed by atoms with Crippen LogP contribution in [-0.4, -0.2) is 19.0 Å². The molecule has 17 heavy (non-hydrogen) atoms. The van der Waals surface area contributed by atoms with E-state index in [1.165, 1.54) is 0 Å². The molecule has 0 spiro atoms. The number of carbonyl (C=O) groups excluding carboxylic acids is 1. The molecule has 0 fully saturated rings. The summed E-state index contributed by atoms with van der Waals surface area (Å²) in [6, 6.07) is 7.76. The smallest absolute Gasteiger partial charge is 0.233 e. The lowest BCUT2D eigenvalue weighted by atomic mass is 10.1. The molecular formula is C13H19ClN2O. The Hall–Kier alpha value is -1.06. The van der Waals surface area contributed by atoms with Crippen molar-refractivity contribution in [3.63, 3.8) is 0 Å². The summed E-state index contributed by atoms with van der Waals surface area (Å²) in [5.74, 6) is 0.0285. The predicted molar refractivity (Wildman–Crippen MR) is 71.2 cm³/mol. The van der Waals surface area contributed by atoms with Gasteiger partial charge in [0.05, 0.1) is 6.54 Å². The molecule has 2 N–H and O–H groups in total. The summed E-state index contributed by atoms with van der Waals surface area (Å²) in [7, 11) is 0. The number of benzene rings is 1. The maximum Gasteiger partial charge on any atom is 0.233 e. The van der Waals surface area contributed by atoms with Crippen molar-refractivity contribution in [1.29, 1.82) is 0 Å². The molecule has 0 heterocycles. The molecular weight excluding hydrogens is 236 g/mol. The highest BCUT2D eigenvalue weighted by molar-refractivity contribution is 6.30. The van der Waals surface area contributed by atoms with Gasteiger partial charge in [0.2, 0.25) is 5.91 Å². The zero-order valence-electron chi connectivity index (χ0n) is 10.3. The minimum Gasteiger partial charge on any atom is -0.355 e. The highest BCUT2D eigenvalue weighted by atomic mass is 35.5. The normalized spacial score (nSPS) is 12.2. The van der Waals surface area contributed by atoms with Gasteiger partial charge >= 0.3 is 0 Å². The summed E-state index contributed by atoms with van der Waals surface area (Å²) >= 11 is 5.91. The average molecular weight is 255 g/mol. The molecule has 0 saturated carbocycles. The van der Waals surface area contributed by atoms with Crippen molar-refractivity contribution in [1.82, 2.24) is 10.6 Å². The standard InChI is InChI=1S/C13H19ClN2O/c1-3-7-15-13(17)9-16-10(2)11-5-4-6-12(14)8-11/h4-6,8,10,16H,3,7,9H2,1-2H3,(H,15,17)/t10-/m1/s1. The van der Waals surface area contributed by atoms with Crippen LogP contribution in [0.5, 0.6) is 0 Å². The maximum atomic E-state index is 11.4. The fraction of sp³-hybridized carbons (Fsp3) is 0.462. The van der Waals surface area contributed by atoms with Gasteiger partial charge in [-0.1, -0.05) is 30.7 Å². The second-order valence-corrected chi connectivity index (χ2v) is 4.44. The highest BCUT2D eigenvalue weighted by Crippen LogP contribution is 2.16. The van der Waals surface area contributed by atoms with Crippen molar-refractivity contribution in [3.8, 4) is 0 Å². The first-order valence-corrected chi connectivity index (χ1v) is 6.26. The Bertz CT molecular complexity index is 368. The van der Waals surface area contributed by atoms with Gasteiger partial charge in [-0.05, 0) is 31.0 Å². The first kappa shape index (κ1) is 14.0. The molecule has 1 aromatic carbocycles. The summed E-state index contributed by atoms with van der Waals surface area (Å²) in [6.07, 6.45) is 0.954. The number of hydrogen-bond donors (Lipinski definition) is 2. The average Bonchev–Trinajstić information content (AvgIpc) is 2.33. The van der Waals surface area contributed by atoms with E-state index in [9.17, 15) is 4.79 Å². The van der Waals surface area contributed by atoms with Gasteiger partial charge in [0, 0.05) is 17.6 Å². The summed E-state index contributed by atoms with van der Waals surface area (Å²) in [6.45, 7) is 5.10. The second-order valence-electron chi connectivity index (χ2n) is 4.01. The first-order valence-electron chi connectivity index (χ1n) is 5.89. The van der Waals surface area contributed by atoms with Gasteiger partial charge in [-0.15, -0.1) is 0 Å². The molecule has 0 bridgehead atoms. The minimum absolute atomic E-state index is 0.0285. The molecule has 1 atom stereocenters. The van der Waals surface area contributed by atoms with Crippen LogP contribution in [-0.2, 0) is 4.79 Å². The monoisotopic (exact) mass is 254 g/mol. The lowest BCUT2D eigenvalue weighted by Gasteiger charge is -2.14. The van der Waals surface area contributed by atoms with Gasteiger partial charge in [-0.2, -0.15) is 0 Å². The molecule has 1 aromatic rings. The van der Waals surface area contributed by atoms with E-state index < -0.39 is 0 Å². The van der Waals surface area contributed by atoms with E-state index in [1.807, 2.05) is 38.1 Å². The van der Waals surface area contributed by atoms with Gasteiger partial charge in [-0.3, -0.25) is 4.79 Å². The molecule has 1 rings (SSSR count). The van der Waals surface area contributed by atoms with E-state index in [0.717, 1.165) is 18.5 Å². The molecule has 3 nitrogen and oxygen atoms in total. The van der Waals surface area contributed by atoms with Crippen LogP contribution in [0.1, 0.15) is 31.9 Å². The Morgan fingerprint density at radius 1 is 1.47 bits per heavy atom. The van der Waals surface area contributed by atoms with Crippen LogP contribution in [0.25, 0.3) is 0 Å². The fourth-order valence-electron chi connectivity index (χ4n) is 1.47. The van der Waals surface area contributed by atoms with Gasteiger partial charge in [0.15, 0.2) is 0 Å². The van der Waals surface area contributed by atoms with Crippen LogP contribution in [0, 0.1) is 0 Å². The Morgan fingerprint density at radius 3 is 2.88 bits per heavy atom. The third-order valence-electron chi connectivity index (χ3n) is 2.49. The maximum absolute atomic E-state index is 11.4. The van der Waals surface area contributed by atoms with E-state index in [-0.39, 0.29) is 11.9 Å². The van der Waals surface area contributed by atoms with Crippen LogP contribution in [0.15, 0.2) is 24.3 Å². The number of hydrogen-bond acceptors (Lipinski definition) is 2. The summed E-state index contributed by atoms with van der Waals surface area (Å²) in [5.41, 5.74) is 1.08. The predicted octanol–water partition coefficient (Wildman–Crippen LogP) is 2.52. The van der Waals surface area contributed by atoms with Crippen LogP contribution >= 0.6 is 11.6 Å². The van der Waals surface area contributed by atoms with Crippen molar-refractivity contribution >= 4 is 17.5 Å². The molecule has 94 valence electrons. The number of rotatable bonds is 6. The largest absolute Gasteiger partial charge is 0.355 e. The molecule has 0 unspecified atom stereocenters. The molecule has 0 saturated heterocycles. The van der Waals surface area contributed by atoms with Crippen molar-refractivity contribution in [2.45, 2.75) is 26.3 Å².